The summed E-state index contributed by atoms with van der Waals surface area (Å²) in [5.41, 5.74) is 0.601. The van der Waals surface area contributed by atoms with Gasteiger partial charge in [0, 0.05) is 0 Å². The maximum Gasteiger partial charge on any atom is 0.280 e. The number of carbonyl (C=O) groups excluding carboxylic acids is 2. The van der Waals surface area contributed by atoms with E-state index >= 15 is 0 Å². The van der Waals surface area contributed by atoms with Crippen LogP contribution in [0.5, 0.6) is 0 Å². The Kier molecular flexibility index (Phi) is 13.2. The number of benzene rings is 2. The molecule has 1 N–H and O–H groups in total. The second-order valence-corrected chi connectivity index (χ2v) is 12.5. The van der Waals surface area contributed by atoms with Gasteiger partial charge in [-0.25, -0.2) is 9.99 Å². The molecule has 1 aliphatic rings. The van der Waals surface area contributed by atoms with Gasteiger partial charge in [-0.3, -0.25) is 14.4 Å². The minimum absolute atomic E-state index is 0.0153. The highest BCUT2D eigenvalue weighted by Crippen LogP contribution is 2.29. The number of aliphatic hydroxyl groups excluding tert-OH is 1. The van der Waals surface area contributed by atoms with Crippen molar-refractivity contribution in [2.24, 2.45) is 0 Å². The molecule has 0 spiro atoms. The molecular weight excluding hydrogens is 570 g/mol. The summed E-state index contributed by atoms with van der Waals surface area (Å²) >= 11 is 5.71. The summed E-state index contributed by atoms with van der Waals surface area (Å²) in [6, 6.07) is 15.9. The first kappa shape index (κ1) is 33.7. The van der Waals surface area contributed by atoms with E-state index in [0.717, 1.165) is 28.9 Å². The number of rotatable bonds is 18. The van der Waals surface area contributed by atoms with Crippen molar-refractivity contribution in [1.82, 2.24) is 9.66 Å². The number of hydrogen-bond acceptors (Lipinski definition) is 6. The van der Waals surface area contributed by atoms with E-state index in [1.165, 1.54) is 70.6 Å². The topological polar surface area (TPSA) is 92.5 Å². The molecule has 4 rings (SSSR count). The lowest BCUT2D eigenvalue weighted by Crippen LogP contribution is -2.57. The Morgan fingerprint density at radius 2 is 1.34 bits per heavy atom. The van der Waals surface area contributed by atoms with Gasteiger partial charge < -0.3 is 5.11 Å². The summed E-state index contributed by atoms with van der Waals surface area (Å²) < 4.78 is 1.11. The average Bonchev–Trinajstić information content (AvgIpc) is 3.02. The minimum atomic E-state index is -1.08. The van der Waals surface area contributed by atoms with Gasteiger partial charge in [-0.2, -0.15) is 4.68 Å². The predicted molar refractivity (Wildman–Crippen MR) is 181 cm³/mol. The van der Waals surface area contributed by atoms with Crippen LogP contribution in [0.4, 0.5) is 0 Å². The van der Waals surface area contributed by atoms with Crippen LogP contribution >= 0.6 is 12.2 Å². The molecule has 0 aliphatic carbocycles. The number of thiocarbonyl (C=S) groups is 1. The van der Waals surface area contributed by atoms with Crippen molar-refractivity contribution in [3.8, 4) is 0 Å². The molecule has 2 heterocycles. The quantitative estimate of drug-likeness (QED) is 0.0888. The van der Waals surface area contributed by atoms with Crippen LogP contribution in [0.15, 0.2) is 59.4 Å². The molecule has 2 unspecified atom stereocenters. The zero-order chi connectivity index (χ0) is 31.3. The van der Waals surface area contributed by atoms with E-state index in [-0.39, 0.29) is 16.6 Å². The molecule has 7 nitrogen and oxygen atoms in total. The molecule has 1 saturated heterocycles. The van der Waals surface area contributed by atoms with Crippen molar-refractivity contribution < 1.29 is 14.7 Å². The first-order chi connectivity index (χ1) is 21.4. The second-order valence-electron chi connectivity index (χ2n) is 12.0. The summed E-state index contributed by atoms with van der Waals surface area (Å²) in [4.78, 5) is 44.8. The van der Waals surface area contributed by atoms with Crippen LogP contribution in [-0.2, 0) is 9.59 Å². The van der Waals surface area contributed by atoms with Gasteiger partial charge in [-0.15, -0.1) is 0 Å². The van der Waals surface area contributed by atoms with Gasteiger partial charge in [0.1, 0.15) is 11.1 Å². The molecule has 0 radical (unpaired) electrons. The van der Waals surface area contributed by atoms with Crippen LogP contribution in [0.3, 0.4) is 0 Å². The Morgan fingerprint density at radius 3 is 1.95 bits per heavy atom. The van der Waals surface area contributed by atoms with E-state index in [2.05, 4.69) is 11.9 Å². The lowest BCUT2D eigenvalue weighted by Gasteiger charge is -2.34. The average molecular weight is 618 g/mol. The number of carbonyl (C=O) groups is 2. The molecule has 0 saturated carbocycles. The van der Waals surface area contributed by atoms with Crippen LogP contribution < -0.4 is 10.6 Å². The SMILES string of the molecule is CCCCCCCCCCCCCCCCC(O)c1nc2ccccc2c(=O)n1N1C(=O)CC(=O)C(c2ccccc2)C1=S. The van der Waals surface area contributed by atoms with Crippen molar-refractivity contribution in [2.45, 2.75) is 122 Å². The molecule has 236 valence electrons. The number of para-hydroxylation sites is 1. The highest BCUT2D eigenvalue weighted by molar-refractivity contribution is 7.80. The maximum absolute atomic E-state index is 13.8. The Bertz CT molecular complexity index is 1450. The summed E-state index contributed by atoms with van der Waals surface area (Å²) in [6.07, 6.45) is 16.2. The number of nitrogens with zero attached hydrogens (tertiary/aromatic N) is 3. The third-order valence-corrected chi connectivity index (χ3v) is 8.99. The van der Waals surface area contributed by atoms with E-state index in [9.17, 15) is 19.5 Å². The number of aromatic nitrogens is 2. The zero-order valence-corrected chi connectivity index (χ0v) is 26.9. The molecule has 2 atom stereocenters. The molecule has 1 aliphatic heterocycles. The molecular formula is C36H47N3O4S. The van der Waals surface area contributed by atoms with Crippen LogP contribution in [0.25, 0.3) is 10.9 Å². The van der Waals surface area contributed by atoms with Crippen molar-refractivity contribution in [3.05, 3.63) is 76.3 Å². The van der Waals surface area contributed by atoms with Gasteiger partial charge in [0.25, 0.3) is 11.5 Å². The van der Waals surface area contributed by atoms with Gasteiger partial charge in [0.05, 0.1) is 23.2 Å². The normalized spacial score (nSPS) is 16.2. The lowest BCUT2D eigenvalue weighted by molar-refractivity contribution is -0.128. The molecule has 0 bridgehead atoms. The van der Waals surface area contributed by atoms with Crippen molar-refractivity contribution in [1.29, 1.82) is 0 Å². The number of Topliss-reactive ketones (excluding diaryl/α,β-unsaturated/α-hetero) is 1. The number of hydrogen-bond donors (Lipinski definition) is 1. The largest absolute Gasteiger partial charge is 0.385 e. The monoisotopic (exact) mass is 617 g/mol. The predicted octanol–water partition coefficient (Wildman–Crippen LogP) is 7.85. The fraction of sp³-hybridized carbons (Fsp3) is 0.528. The molecule has 8 heteroatoms. The third-order valence-electron chi connectivity index (χ3n) is 8.58. The van der Waals surface area contributed by atoms with E-state index in [1.807, 2.05) is 6.07 Å². The Hall–Kier alpha value is -3.23. The lowest BCUT2D eigenvalue weighted by atomic mass is 9.89. The fourth-order valence-corrected chi connectivity index (χ4v) is 6.56. The standard InChI is InChI=1S/C36H47N3O4S/c1-2-3-4-5-6-7-8-9-10-11-12-13-14-18-25-30(40)34-37-29-24-20-19-23-28(29)35(43)39(34)38-32(42)26-31(41)33(36(38)44)27-21-16-15-17-22-27/h15-17,19-24,30,33,40H,2-14,18,25-26H2,1H3. The van der Waals surface area contributed by atoms with Crippen molar-refractivity contribution in [3.63, 3.8) is 0 Å². The van der Waals surface area contributed by atoms with Gasteiger partial charge in [0.2, 0.25) is 0 Å². The van der Waals surface area contributed by atoms with Gasteiger partial charge >= 0.3 is 0 Å². The van der Waals surface area contributed by atoms with E-state index in [1.54, 1.807) is 48.5 Å². The Balaban J connectivity index is 1.38. The highest BCUT2D eigenvalue weighted by Gasteiger charge is 2.41. The van der Waals surface area contributed by atoms with Crippen LogP contribution in [0.2, 0.25) is 0 Å². The number of aliphatic hydroxyl groups is 1. The van der Waals surface area contributed by atoms with Crippen LogP contribution in [-0.4, -0.2) is 31.4 Å². The van der Waals surface area contributed by atoms with Gasteiger partial charge in [-0.05, 0) is 24.1 Å². The maximum atomic E-state index is 13.8. The number of amides is 1. The van der Waals surface area contributed by atoms with Crippen LogP contribution in [0.1, 0.15) is 133 Å². The molecule has 1 aromatic heterocycles. The number of ketones is 1. The fourth-order valence-electron chi connectivity index (χ4n) is 6.10. The second kappa shape index (κ2) is 17.3. The molecule has 44 heavy (non-hydrogen) atoms. The molecule has 2 aromatic carbocycles. The van der Waals surface area contributed by atoms with Gasteiger partial charge in [0.15, 0.2) is 11.6 Å². The number of fused-ring (bicyclic) bond motifs is 1. The summed E-state index contributed by atoms with van der Waals surface area (Å²) in [5.74, 6) is -1.69. The van der Waals surface area contributed by atoms with Gasteiger partial charge in [-0.1, -0.05) is 151 Å². The smallest absolute Gasteiger partial charge is 0.280 e. The number of piperidine rings is 1. The number of unbranched alkanes of at least 4 members (excludes halogenated alkanes) is 13. The highest BCUT2D eigenvalue weighted by atomic mass is 32.1. The van der Waals surface area contributed by atoms with Crippen LogP contribution in [0, 0.1) is 0 Å². The first-order valence-electron chi connectivity index (χ1n) is 16.6. The summed E-state index contributed by atoms with van der Waals surface area (Å²) in [5, 5.41) is 12.8. The molecule has 1 amide bonds. The van der Waals surface area contributed by atoms with E-state index < -0.39 is 29.9 Å². The molecule has 3 aromatic rings. The summed E-state index contributed by atoms with van der Waals surface area (Å²) in [7, 11) is 0. The van der Waals surface area contributed by atoms with E-state index in [0.29, 0.717) is 22.9 Å². The van der Waals surface area contributed by atoms with E-state index in [4.69, 9.17) is 12.2 Å². The first-order valence-corrected chi connectivity index (χ1v) is 17.0. The Morgan fingerprint density at radius 1 is 0.795 bits per heavy atom. The zero-order valence-electron chi connectivity index (χ0n) is 26.1. The molecule has 1 fully saturated rings. The minimum Gasteiger partial charge on any atom is -0.385 e. The third kappa shape index (κ3) is 8.69. The van der Waals surface area contributed by atoms with Crippen molar-refractivity contribution in [2.75, 3.05) is 5.01 Å². The summed E-state index contributed by atoms with van der Waals surface area (Å²) in [6.45, 7) is 2.25. The Labute approximate surface area is 266 Å². The van der Waals surface area contributed by atoms with Crippen molar-refractivity contribution >= 4 is 39.8 Å².